The molecular formula is C28H34N2O4. The molecule has 0 aromatic heterocycles. The largest absolute Gasteiger partial charge is 0.393 e. The van der Waals surface area contributed by atoms with E-state index in [0.717, 1.165) is 25.7 Å². The highest BCUT2D eigenvalue weighted by Crippen LogP contribution is 2.30. The minimum atomic E-state index is -0.470. The first kappa shape index (κ1) is 24.1. The van der Waals surface area contributed by atoms with Crippen molar-refractivity contribution in [3.8, 4) is 0 Å². The lowest BCUT2D eigenvalue weighted by Gasteiger charge is -2.34. The van der Waals surface area contributed by atoms with Crippen LogP contribution in [0.5, 0.6) is 0 Å². The second-order valence-electron chi connectivity index (χ2n) is 9.61. The Morgan fingerprint density at radius 1 is 0.853 bits per heavy atom. The standard InChI is InChI=1S/C28H34N2O4/c1-20(31)29-14-16-30(17-15-29)28(34)23-9-7-22(8-10-23)27(33)13-12-26(32)11-6-21-18-24-4-2-3-5-25(24)19-21/h2-5,7-10,21,26,32H,6,11-19H2,1H3. The second kappa shape index (κ2) is 11.0. The molecule has 2 aromatic rings. The lowest BCUT2D eigenvalue weighted by molar-refractivity contribution is -0.130. The summed E-state index contributed by atoms with van der Waals surface area (Å²) in [5.41, 5.74) is 3.97. The fourth-order valence-electron chi connectivity index (χ4n) is 5.07. The first-order valence-electron chi connectivity index (χ1n) is 12.3. The number of carbonyl (C=O) groups excluding carboxylic acids is 3. The van der Waals surface area contributed by atoms with Crippen molar-refractivity contribution in [1.82, 2.24) is 9.80 Å². The molecule has 2 aliphatic rings. The van der Waals surface area contributed by atoms with E-state index in [1.165, 1.54) is 11.1 Å². The van der Waals surface area contributed by atoms with Crippen molar-refractivity contribution in [3.05, 3.63) is 70.8 Å². The van der Waals surface area contributed by atoms with Gasteiger partial charge in [-0.05, 0) is 61.3 Å². The Balaban J connectivity index is 1.19. The van der Waals surface area contributed by atoms with Gasteiger partial charge in [0, 0.05) is 50.7 Å². The topological polar surface area (TPSA) is 77.9 Å². The number of ketones is 1. The van der Waals surface area contributed by atoms with Gasteiger partial charge >= 0.3 is 0 Å². The highest BCUT2D eigenvalue weighted by atomic mass is 16.3. The average molecular weight is 463 g/mol. The third kappa shape index (κ3) is 5.92. The van der Waals surface area contributed by atoms with Crippen LogP contribution in [0.15, 0.2) is 48.5 Å². The predicted molar refractivity (Wildman–Crippen MR) is 131 cm³/mol. The molecule has 6 heteroatoms. The number of aliphatic hydroxyl groups excluding tert-OH is 1. The van der Waals surface area contributed by atoms with Gasteiger partial charge in [0.05, 0.1) is 6.10 Å². The van der Waals surface area contributed by atoms with Crippen molar-refractivity contribution in [1.29, 1.82) is 0 Å². The highest BCUT2D eigenvalue weighted by Gasteiger charge is 2.24. The molecule has 0 saturated carbocycles. The summed E-state index contributed by atoms with van der Waals surface area (Å²) in [7, 11) is 0. The lowest BCUT2D eigenvalue weighted by atomic mass is 9.95. The Bertz CT molecular complexity index is 1000. The van der Waals surface area contributed by atoms with Crippen LogP contribution in [0, 0.1) is 5.92 Å². The molecule has 1 fully saturated rings. The molecule has 1 atom stereocenters. The van der Waals surface area contributed by atoms with E-state index in [2.05, 4.69) is 24.3 Å². The van der Waals surface area contributed by atoms with Crippen LogP contribution < -0.4 is 0 Å². The highest BCUT2D eigenvalue weighted by molar-refractivity contribution is 5.98. The third-order valence-corrected chi connectivity index (χ3v) is 7.21. The monoisotopic (exact) mass is 462 g/mol. The minimum Gasteiger partial charge on any atom is -0.393 e. The summed E-state index contributed by atoms with van der Waals surface area (Å²) >= 11 is 0. The van der Waals surface area contributed by atoms with E-state index in [-0.39, 0.29) is 17.6 Å². The van der Waals surface area contributed by atoms with Gasteiger partial charge in [0.1, 0.15) is 0 Å². The summed E-state index contributed by atoms with van der Waals surface area (Å²) in [4.78, 5) is 40.3. The van der Waals surface area contributed by atoms with E-state index in [1.54, 1.807) is 41.0 Å². The molecule has 6 nitrogen and oxygen atoms in total. The zero-order valence-electron chi connectivity index (χ0n) is 19.9. The summed E-state index contributed by atoms with van der Waals surface area (Å²) in [6, 6.07) is 15.3. The Morgan fingerprint density at radius 3 is 2.00 bits per heavy atom. The number of fused-ring (bicyclic) bond motifs is 1. The number of rotatable bonds is 8. The fraction of sp³-hybridized carbons (Fsp3) is 0.464. The molecule has 1 aliphatic heterocycles. The summed E-state index contributed by atoms with van der Waals surface area (Å²) in [5.74, 6) is 0.524. The smallest absolute Gasteiger partial charge is 0.253 e. The number of aliphatic hydroxyl groups is 1. The van der Waals surface area contributed by atoms with Gasteiger partial charge in [-0.25, -0.2) is 0 Å². The van der Waals surface area contributed by atoms with E-state index in [0.29, 0.717) is 56.1 Å². The lowest BCUT2D eigenvalue weighted by Crippen LogP contribution is -2.50. The van der Waals surface area contributed by atoms with E-state index in [1.807, 2.05) is 0 Å². The molecular weight excluding hydrogens is 428 g/mol. The van der Waals surface area contributed by atoms with Gasteiger partial charge in [-0.2, -0.15) is 0 Å². The molecule has 0 bridgehead atoms. The molecule has 2 aromatic carbocycles. The molecule has 34 heavy (non-hydrogen) atoms. The molecule has 1 heterocycles. The van der Waals surface area contributed by atoms with Crippen LogP contribution in [0.3, 0.4) is 0 Å². The van der Waals surface area contributed by atoms with Crippen LogP contribution in [0.2, 0.25) is 0 Å². The quantitative estimate of drug-likeness (QED) is 0.609. The molecule has 4 rings (SSSR count). The number of piperazine rings is 1. The molecule has 0 radical (unpaired) electrons. The SMILES string of the molecule is CC(=O)N1CCN(C(=O)c2ccc(C(=O)CCC(O)CCC3Cc4ccccc4C3)cc2)CC1. The van der Waals surface area contributed by atoms with E-state index < -0.39 is 6.10 Å². The molecule has 1 N–H and O–H groups in total. The molecule has 0 spiro atoms. The summed E-state index contributed by atoms with van der Waals surface area (Å²) in [6.07, 6.45) is 4.14. The zero-order valence-corrected chi connectivity index (χ0v) is 19.9. The van der Waals surface area contributed by atoms with Gasteiger partial charge in [-0.3, -0.25) is 14.4 Å². The van der Waals surface area contributed by atoms with Gasteiger partial charge in [0.25, 0.3) is 5.91 Å². The van der Waals surface area contributed by atoms with Crippen molar-refractivity contribution in [2.45, 2.75) is 51.6 Å². The maximum Gasteiger partial charge on any atom is 0.253 e. The molecule has 2 amide bonds. The predicted octanol–water partition coefficient (Wildman–Crippen LogP) is 3.51. The summed E-state index contributed by atoms with van der Waals surface area (Å²) in [6.45, 7) is 3.68. The maximum atomic E-state index is 12.7. The Labute approximate surface area is 201 Å². The number of carbonyl (C=O) groups is 3. The first-order valence-corrected chi connectivity index (χ1v) is 12.3. The number of hydrogen-bond acceptors (Lipinski definition) is 4. The average Bonchev–Trinajstić information content (AvgIpc) is 3.29. The van der Waals surface area contributed by atoms with E-state index >= 15 is 0 Å². The van der Waals surface area contributed by atoms with Crippen LogP contribution in [-0.2, 0) is 17.6 Å². The number of Topliss-reactive ketones (excluding diaryl/α,β-unsaturated/α-hetero) is 1. The van der Waals surface area contributed by atoms with Crippen LogP contribution >= 0.6 is 0 Å². The Kier molecular flexibility index (Phi) is 7.78. The zero-order chi connectivity index (χ0) is 24.1. The van der Waals surface area contributed by atoms with Crippen molar-refractivity contribution in [2.24, 2.45) is 5.92 Å². The van der Waals surface area contributed by atoms with Crippen LogP contribution in [0.25, 0.3) is 0 Å². The molecule has 180 valence electrons. The van der Waals surface area contributed by atoms with Gasteiger partial charge in [-0.1, -0.05) is 36.4 Å². The Hall–Kier alpha value is -2.99. The number of benzene rings is 2. The van der Waals surface area contributed by atoms with Crippen LogP contribution in [-0.4, -0.2) is 64.8 Å². The maximum absolute atomic E-state index is 12.7. The van der Waals surface area contributed by atoms with Crippen molar-refractivity contribution in [3.63, 3.8) is 0 Å². The number of nitrogens with zero attached hydrogens (tertiary/aromatic N) is 2. The minimum absolute atomic E-state index is 0.0126. The summed E-state index contributed by atoms with van der Waals surface area (Å²) < 4.78 is 0. The van der Waals surface area contributed by atoms with Crippen molar-refractivity contribution in [2.75, 3.05) is 26.2 Å². The van der Waals surface area contributed by atoms with E-state index in [9.17, 15) is 19.5 Å². The third-order valence-electron chi connectivity index (χ3n) is 7.21. The molecule has 1 unspecified atom stereocenters. The van der Waals surface area contributed by atoms with Crippen LogP contribution in [0.4, 0.5) is 0 Å². The van der Waals surface area contributed by atoms with E-state index in [4.69, 9.17) is 0 Å². The van der Waals surface area contributed by atoms with Crippen molar-refractivity contribution < 1.29 is 19.5 Å². The van der Waals surface area contributed by atoms with Gasteiger partial charge in [-0.15, -0.1) is 0 Å². The molecule has 1 aliphatic carbocycles. The van der Waals surface area contributed by atoms with Crippen LogP contribution in [0.1, 0.15) is 64.4 Å². The number of hydrogen-bond donors (Lipinski definition) is 1. The van der Waals surface area contributed by atoms with Crippen molar-refractivity contribution >= 4 is 17.6 Å². The fourth-order valence-corrected chi connectivity index (χ4v) is 5.07. The van der Waals surface area contributed by atoms with Gasteiger partial charge in [0.15, 0.2) is 5.78 Å². The first-order chi connectivity index (χ1) is 16.4. The van der Waals surface area contributed by atoms with Gasteiger partial charge < -0.3 is 14.9 Å². The molecule has 1 saturated heterocycles. The van der Waals surface area contributed by atoms with Gasteiger partial charge in [0.2, 0.25) is 5.91 Å². The summed E-state index contributed by atoms with van der Waals surface area (Å²) in [5, 5.41) is 10.4. The second-order valence-corrected chi connectivity index (χ2v) is 9.61. The number of amides is 2. The Morgan fingerprint density at radius 2 is 1.41 bits per heavy atom. The normalized spacial score (nSPS) is 16.9.